The fourth-order valence-corrected chi connectivity index (χ4v) is 4.02. The number of nitrogens with one attached hydrogen (secondary N) is 2. The molecule has 2 saturated heterocycles. The first-order chi connectivity index (χ1) is 14.7. The number of hydrogen-bond acceptors (Lipinski definition) is 6. The second kappa shape index (κ2) is 14.2. The molecule has 2 unspecified atom stereocenters. The monoisotopic (exact) mass is 549 g/mol. The first-order valence-corrected chi connectivity index (χ1v) is 11.4. The summed E-state index contributed by atoms with van der Waals surface area (Å²) >= 11 is 0. The number of aryl methyl sites for hydroxylation is 1. The van der Waals surface area contributed by atoms with Crippen molar-refractivity contribution in [2.24, 2.45) is 18.0 Å². The maximum Gasteiger partial charge on any atom is 0.191 e. The van der Waals surface area contributed by atoms with E-state index in [1.165, 1.54) is 19.4 Å². The zero-order valence-corrected chi connectivity index (χ0v) is 21.6. The number of ether oxygens (including phenoxy) is 2. The molecule has 3 rings (SSSR count). The Labute approximate surface area is 203 Å². The van der Waals surface area contributed by atoms with Crippen molar-refractivity contribution in [3.05, 3.63) is 11.6 Å². The van der Waals surface area contributed by atoms with Gasteiger partial charge in [0.25, 0.3) is 0 Å². The fourth-order valence-electron chi connectivity index (χ4n) is 4.02. The van der Waals surface area contributed by atoms with Crippen LogP contribution in [0.3, 0.4) is 0 Å². The normalized spacial score (nSPS) is 22.0. The lowest BCUT2D eigenvalue weighted by Gasteiger charge is -2.24. The van der Waals surface area contributed by atoms with Crippen LogP contribution in [-0.4, -0.2) is 84.3 Å². The van der Waals surface area contributed by atoms with Gasteiger partial charge in [-0.3, -0.25) is 4.90 Å². The summed E-state index contributed by atoms with van der Waals surface area (Å²) < 4.78 is 13.2. The molecule has 0 bridgehead atoms. The van der Waals surface area contributed by atoms with Crippen LogP contribution in [-0.2, 0) is 23.1 Å². The minimum absolute atomic E-state index is 0. The molecule has 31 heavy (non-hydrogen) atoms. The van der Waals surface area contributed by atoms with Crippen LogP contribution in [0.2, 0.25) is 0 Å². The molecule has 3 heterocycles. The molecule has 178 valence electrons. The van der Waals surface area contributed by atoms with E-state index in [4.69, 9.17) is 14.5 Å². The summed E-state index contributed by atoms with van der Waals surface area (Å²) in [5.41, 5.74) is 0. The molecular formula is C21H40IN7O2. The zero-order valence-electron chi connectivity index (χ0n) is 19.3. The minimum atomic E-state index is 0. The molecule has 0 aromatic carbocycles. The molecule has 0 aliphatic carbocycles. The van der Waals surface area contributed by atoms with E-state index >= 15 is 0 Å². The highest BCUT2D eigenvalue weighted by atomic mass is 127. The van der Waals surface area contributed by atoms with Gasteiger partial charge in [-0.15, -0.1) is 34.2 Å². The topological polar surface area (TPSA) is 88.8 Å². The highest BCUT2D eigenvalue weighted by molar-refractivity contribution is 14.0. The molecule has 0 saturated carbocycles. The Balaban J connectivity index is 0.00000341. The van der Waals surface area contributed by atoms with Crippen molar-refractivity contribution in [2.75, 3.05) is 52.6 Å². The van der Waals surface area contributed by atoms with Crippen molar-refractivity contribution in [3.8, 4) is 0 Å². The summed E-state index contributed by atoms with van der Waals surface area (Å²) in [5, 5.41) is 15.3. The lowest BCUT2D eigenvalue weighted by atomic mass is 10.1. The minimum Gasteiger partial charge on any atom is -0.381 e. The Hall–Kier alpha value is -0.980. The van der Waals surface area contributed by atoms with Gasteiger partial charge in [-0.05, 0) is 45.7 Å². The predicted molar refractivity (Wildman–Crippen MR) is 133 cm³/mol. The van der Waals surface area contributed by atoms with E-state index in [0.717, 1.165) is 76.5 Å². The molecule has 10 heteroatoms. The summed E-state index contributed by atoms with van der Waals surface area (Å²) in [6.07, 6.45) is 4.59. The van der Waals surface area contributed by atoms with Crippen LogP contribution in [0.4, 0.5) is 0 Å². The number of hydrogen-bond donors (Lipinski definition) is 2. The first kappa shape index (κ1) is 26.3. The van der Waals surface area contributed by atoms with Gasteiger partial charge >= 0.3 is 0 Å². The van der Waals surface area contributed by atoms with E-state index in [9.17, 15) is 0 Å². The van der Waals surface area contributed by atoms with Crippen LogP contribution in [0.15, 0.2) is 4.99 Å². The van der Waals surface area contributed by atoms with Crippen molar-refractivity contribution >= 4 is 29.9 Å². The summed E-state index contributed by atoms with van der Waals surface area (Å²) in [6, 6.07) is 0.580. The molecule has 0 radical (unpaired) electrons. The van der Waals surface area contributed by atoms with Gasteiger partial charge in [0.15, 0.2) is 11.8 Å². The number of likely N-dealkylation sites (N-methyl/N-ethyl adjacent to an activating group) is 1. The van der Waals surface area contributed by atoms with E-state index in [0.29, 0.717) is 18.5 Å². The summed E-state index contributed by atoms with van der Waals surface area (Å²) in [7, 11) is 1.98. The van der Waals surface area contributed by atoms with Gasteiger partial charge in [0.05, 0.1) is 13.2 Å². The molecule has 1 aromatic heterocycles. The third-order valence-electron chi connectivity index (χ3n) is 6.11. The fraction of sp³-hybridized carbons (Fsp3) is 0.857. The van der Waals surface area contributed by atoms with Crippen LogP contribution in [0, 0.1) is 12.8 Å². The number of guanidine groups is 1. The predicted octanol–water partition coefficient (Wildman–Crippen LogP) is 1.70. The van der Waals surface area contributed by atoms with Crippen LogP contribution < -0.4 is 10.6 Å². The van der Waals surface area contributed by atoms with Crippen LogP contribution in [0.25, 0.3) is 0 Å². The molecule has 0 amide bonds. The van der Waals surface area contributed by atoms with Crippen molar-refractivity contribution in [1.82, 2.24) is 30.3 Å². The highest BCUT2D eigenvalue weighted by Crippen LogP contribution is 2.15. The maximum absolute atomic E-state index is 5.81. The van der Waals surface area contributed by atoms with Gasteiger partial charge in [-0.1, -0.05) is 6.92 Å². The Bertz CT molecular complexity index is 664. The van der Waals surface area contributed by atoms with Crippen LogP contribution in [0.5, 0.6) is 0 Å². The number of nitrogens with zero attached hydrogens (tertiary/aromatic N) is 5. The molecule has 2 fully saturated rings. The van der Waals surface area contributed by atoms with Gasteiger partial charge in [0, 0.05) is 45.3 Å². The number of likely N-dealkylation sites (tertiary alicyclic amines) is 1. The van der Waals surface area contributed by atoms with Crippen LogP contribution >= 0.6 is 24.0 Å². The van der Waals surface area contributed by atoms with Gasteiger partial charge in [-0.2, -0.15) is 0 Å². The lowest BCUT2D eigenvalue weighted by molar-refractivity contribution is 0.0888. The Morgan fingerprint density at radius 2 is 2.16 bits per heavy atom. The molecule has 1 aromatic rings. The smallest absolute Gasteiger partial charge is 0.191 e. The zero-order chi connectivity index (χ0) is 21.2. The highest BCUT2D eigenvalue weighted by Gasteiger charge is 2.22. The van der Waals surface area contributed by atoms with Crippen molar-refractivity contribution in [1.29, 1.82) is 0 Å². The summed E-state index contributed by atoms with van der Waals surface area (Å²) in [5.74, 6) is 3.17. The number of aromatic nitrogens is 3. The maximum atomic E-state index is 5.81. The van der Waals surface area contributed by atoms with Crippen LogP contribution in [0.1, 0.15) is 44.3 Å². The molecular weight excluding hydrogens is 509 g/mol. The van der Waals surface area contributed by atoms with E-state index < -0.39 is 0 Å². The van der Waals surface area contributed by atoms with Gasteiger partial charge in [0.1, 0.15) is 12.4 Å². The molecule has 0 spiro atoms. The van der Waals surface area contributed by atoms with Crippen molar-refractivity contribution in [3.63, 3.8) is 0 Å². The Morgan fingerprint density at radius 3 is 2.87 bits per heavy atom. The Kier molecular flexibility index (Phi) is 12.1. The molecule has 2 N–H and O–H groups in total. The first-order valence-electron chi connectivity index (χ1n) is 11.4. The largest absolute Gasteiger partial charge is 0.381 e. The van der Waals surface area contributed by atoms with Gasteiger partial charge in [0.2, 0.25) is 0 Å². The van der Waals surface area contributed by atoms with Crippen molar-refractivity contribution < 1.29 is 9.47 Å². The number of rotatable bonds is 11. The summed E-state index contributed by atoms with van der Waals surface area (Å²) in [4.78, 5) is 7.29. The molecule has 2 aliphatic heterocycles. The van der Waals surface area contributed by atoms with Gasteiger partial charge < -0.3 is 24.7 Å². The number of aliphatic imine (C=N–C) groups is 1. The second-order valence-corrected chi connectivity index (χ2v) is 8.28. The van der Waals surface area contributed by atoms with Gasteiger partial charge in [-0.25, -0.2) is 4.99 Å². The van der Waals surface area contributed by atoms with E-state index in [-0.39, 0.29) is 24.0 Å². The van der Waals surface area contributed by atoms with E-state index in [1.54, 1.807) is 0 Å². The average molecular weight is 550 g/mol. The second-order valence-electron chi connectivity index (χ2n) is 8.28. The number of halogens is 1. The quantitative estimate of drug-likeness (QED) is 0.188. The van der Waals surface area contributed by atoms with E-state index in [2.05, 4.69) is 32.7 Å². The third-order valence-corrected chi connectivity index (χ3v) is 6.11. The summed E-state index contributed by atoms with van der Waals surface area (Å²) in [6.45, 7) is 12.0. The lowest BCUT2D eigenvalue weighted by Crippen LogP contribution is -2.45. The SMILES string of the molecule is CCN1CCCC1CNC(=NCc1nnc(C)n1C)NCCCOCC1CCOC1.I. The average Bonchev–Trinajstić information content (AvgIpc) is 3.49. The molecule has 2 aliphatic rings. The van der Waals surface area contributed by atoms with E-state index in [1.807, 2.05) is 18.5 Å². The third kappa shape index (κ3) is 8.47. The molecule has 9 nitrogen and oxygen atoms in total. The van der Waals surface area contributed by atoms with Crippen molar-refractivity contribution in [2.45, 2.75) is 52.1 Å². The molecule has 2 atom stereocenters. The Morgan fingerprint density at radius 1 is 1.29 bits per heavy atom. The standard InChI is InChI=1S/C21H39N7O2.HI/c1-4-28-10-5-7-19(28)13-23-21(24-14-20-26-25-17(2)27(20)3)22-9-6-11-29-15-18-8-12-30-16-18;/h18-19H,4-16H2,1-3H3,(H2,22,23,24);1H.